The highest BCUT2D eigenvalue weighted by atomic mass is 32.1. The zero-order valence-corrected chi connectivity index (χ0v) is 17.8. The molecule has 152 valence electrons. The van der Waals surface area contributed by atoms with Gasteiger partial charge in [-0.15, -0.1) is 11.3 Å². The standard InChI is InChI=1S/C24H23N3O2S/c1-27-24-19(22(26-27)16-9-5-10-17(13-16)29-2)14-21(30-24)23(28)25-20-12-6-8-15-7-3-4-11-18(15)20/h3-5,7,9-11,13-14,20H,6,8,12H2,1-2H3,(H,25,28)/t20-/m0/s1. The van der Waals surface area contributed by atoms with Crippen molar-refractivity contribution in [3.8, 4) is 17.0 Å². The number of carbonyl (C=O) groups is 1. The van der Waals surface area contributed by atoms with E-state index in [1.54, 1.807) is 7.11 Å². The van der Waals surface area contributed by atoms with Gasteiger partial charge in [0.25, 0.3) is 5.91 Å². The summed E-state index contributed by atoms with van der Waals surface area (Å²) in [6.07, 6.45) is 3.16. The van der Waals surface area contributed by atoms with E-state index in [0.29, 0.717) is 4.88 Å². The van der Waals surface area contributed by atoms with Gasteiger partial charge in [-0.25, -0.2) is 0 Å². The van der Waals surface area contributed by atoms with Crippen LogP contribution < -0.4 is 10.1 Å². The lowest BCUT2D eigenvalue weighted by Crippen LogP contribution is -2.30. The Hall–Kier alpha value is -3.12. The summed E-state index contributed by atoms with van der Waals surface area (Å²) >= 11 is 1.48. The average molecular weight is 418 g/mol. The third kappa shape index (κ3) is 3.27. The third-order valence-electron chi connectivity index (χ3n) is 5.75. The molecule has 2 aromatic heterocycles. The first-order chi connectivity index (χ1) is 14.6. The summed E-state index contributed by atoms with van der Waals surface area (Å²) in [7, 11) is 3.57. The number of methoxy groups -OCH3 is 1. The van der Waals surface area contributed by atoms with E-state index >= 15 is 0 Å². The van der Waals surface area contributed by atoms with Crippen molar-refractivity contribution in [2.75, 3.05) is 7.11 Å². The molecular weight excluding hydrogens is 394 g/mol. The summed E-state index contributed by atoms with van der Waals surface area (Å²) < 4.78 is 7.20. The quantitative estimate of drug-likeness (QED) is 0.502. The monoisotopic (exact) mass is 417 g/mol. The van der Waals surface area contributed by atoms with Crippen LogP contribution in [0.15, 0.2) is 54.6 Å². The van der Waals surface area contributed by atoms with Gasteiger partial charge in [-0.3, -0.25) is 9.48 Å². The van der Waals surface area contributed by atoms with E-state index in [1.807, 2.05) is 42.1 Å². The van der Waals surface area contributed by atoms with Gasteiger partial charge in [-0.1, -0.05) is 36.4 Å². The molecule has 1 aliphatic rings. The van der Waals surface area contributed by atoms with Crippen molar-refractivity contribution in [3.63, 3.8) is 0 Å². The van der Waals surface area contributed by atoms with E-state index < -0.39 is 0 Å². The molecule has 30 heavy (non-hydrogen) atoms. The van der Waals surface area contributed by atoms with Crippen molar-refractivity contribution in [1.29, 1.82) is 0 Å². The molecule has 2 aromatic carbocycles. The van der Waals surface area contributed by atoms with Gasteiger partial charge in [0.1, 0.15) is 16.3 Å². The normalized spacial score (nSPS) is 15.7. The first kappa shape index (κ1) is 18.9. The predicted octanol–water partition coefficient (Wildman–Crippen LogP) is 5.12. The number of benzene rings is 2. The topological polar surface area (TPSA) is 56.2 Å². The Morgan fingerprint density at radius 2 is 2.07 bits per heavy atom. The Morgan fingerprint density at radius 3 is 2.93 bits per heavy atom. The molecule has 2 heterocycles. The highest BCUT2D eigenvalue weighted by Gasteiger charge is 2.24. The Balaban J connectivity index is 1.47. The number of thiophene rings is 1. The first-order valence-electron chi connectivity index (χ1n) is 10.1. The van der Waals surface area contributed by atoms with E-state index in [0.717, 1.165) is 46.5 Å². The van der Waals surface area contributed by atoms with Gasteiger partial charge in [0.2, 0.25) is 0 Å². The molecule has 1 aliphatic carbocycles. The minimum absolute atomic E-state index is 0.0190. The molecule has 1 atom stereocenters. The highest BCUT2D eigenvalue weighted by Crippen LogP contribution is 2.35. The highest BCUT2D eigenvalue weighted by molar-refractivity contribution is 7.20. The predicted molar refractivity (Wildman–Crippen MR) is 120 cm³/mol. The van der Waals surface area contributed by atoms with Gasteiger partial charge in [0.05, 0.1) is 18.0 Å². The van der Waals surface area contributed by atoms with Gasteiger partial charge in [0, 0.05) is 18.0 Å². The molecule has 0 radical (unpaired) electrons. The number of aryl methyl sites for hydroxylation is 2. The third-order valence-corrected chi connectivity index (χ3v) is 6.95. The van der Waals surface area contributed by atoms with E-state index in [1.165, 1.54) is 22.5 Å². The van der Waals surface area contributed by atoms with E-state index in [9.17, 15) is 4.79 Å². The molecule has 0 spiro atoms. The molecule has 5 nitrogen and oxygen atoms in total. The van der Waals surface area contributed by atoms with Crippen molar-refractivity contribution in [1.82, 2.24) is 15.1 Å². The lowest BCUT2D eigenvalue weighted by Gasteiger charge is -2.26. The second-order valence-electron chi connectivity index (χ2n) is 7.65. The Labute approximate surface area is 179 Å². The van der Waals surface area contributed by atoms with Crippen LogP contribution in [0.5, 0.6) is 5.75 Å². The lowest BCUT2D eigenvalue weighted by atomic mass is 9.88. The number of hydrogen-bond acceptors (Lipinski definition) is 4. The molecule has 1 N–H and O–H groups in total. The van der Waals surface area contributed by atoms with Gasteiger partial charge in [0.15, 0.2) is 0 Å². The second-order valence-corrected chi connectivity index (χ2v) is 8.68. The molecule has 1 amide bonds. The number of amides is 1. The van der Waals surface area contributed by atoms with Crippen molar-refractivity contribution in [2.45, 2.75) is 25.3 Å². The van der Waals surface area contributed by atoms with Crippen LogP contribution in [0, 0.1) is 0 Å². The number of hydrogen-bond donors (Lipinski definition) is 1. The molecular formula is C24H23N3O2S. The van der Waals surface area contributed by atoms with Gasteiger partial charge in [-0.2, -0.15) is 5.10 Å². The molecule has 0 unspecified atom stereocenters. The molecule has 0 saturated carbocycles. The Bertz CT molecular complexity index is 1240. The smallest absolute Gasteiger partial charge is 0.261 e. The second kappa shape index (κ2) is 7.61. The summed E-state index contributed by atoms with van der Waals surface area (Å²) in [6, 6.07) is 18.3. The first-order valence-corrected chi connectivity index (χ1v) is 11.0. The molecule has 6 heteroatoms. The van der Waals surface area contributed by atoms with Crippen LogP contribution in [-0.4, -0.2) is 22.8 Å². The minimum atomic E-state index is -0.0190. The Kier molecular flexibility index (Phi) is 4.79. The number of nitrogens with zero attached hydrogens (tertiary/aromatic N) is 2. The van der Waals surface area contributed by atoms with Crippen molar-refractivity contribution in [3.05, 3.63) is 70.6 Å². The van der Waals surface area contributed by atoms with Crippen molar-refractivity contribution < 1.29 is 9.53 Å². The average Bonchev–Trinajstić information content (AvgIpc) is 3.35. The van der Waals surface area contributed by atoms with Crippen molar-refractivity contribution in [2.24, 2.45) is 7.05 Å². The van der Waals surface area contributed by atoms with Gasteiger partial charge >= 0.3 is 0 Å². The summed E-state index contributed by atoms with van der Waals surface area (Å²) in [4.78, 5) is 14.8. The van der Waals surface area contributed by atoms with E-state index in [2.05, 4.69) is 34.7 Å². The number of rotatable bonds is 4. The number of fused-ring (bicyclic) bond motifs is 2. The van der Waals surface area contributed by atoms with Crippen LogP contribution >= 0.6 is 11.3 Å². The van der Waals surface area contributed by atoms with Crippen LogP contribution in [0.2, 0.25) is 0 Å². The van der Waals surface area contributed by atoms with Gasteiger partial charge < -0.3 is 10.1 Å². The number of aromatic nitrogens is 2. The van der Waals surface area contributed by atoms with Crippen LogP contribution in [-0.2, 0) is 13.5 Å². The largest absolute Gasteiger partial charge is 0.497 e. The zero-order valence-electron chi connectivity index (χ0n) is 17.0. The molecule has 0 bridgehead atoms. The SMILES string of the molecule is COc1cccc(-c2nn(C)c3sc(C(=O)N[C@H]4CCCc5ccccc54)cc23)c1. The van der Waals surface area contributed by atoms with Crippen LogP contribution in [0.1, 0.15) is 39.7 Å². The summed E-state index contributed by atoms with van der Waals surface area (Å²) in [5.41, 5.74) is 4.43. The lowest BCUT2D eigenvalue weighted by molar-refractivity contribution is 0.0937. The maximum atomic E-state index is 13.1. The van der Waals surface area contributed by atoms with Crippen molar-refractivity contribution >= 4 is 27.5 Å². The fourth-order valence-electron chi connectivity index (χ4n) is 4.27. The summed E-state index contributed by atoms with van der Waals surface area (Å²) in [5, 5.41) is 8.93. The molecule has 0 saturated heterocycles. The van der Waals surface area contributed by atoms with Crippen LogP contribution in [0.3, 0.4) is 0 Å². The zero-order chi connectivity index (χ0) is 20.7. The molecule has 0 aliphatic heterocycles. The molecule has 4 aromatic rings. The van der Waals surface area contributed by atoms with Crippen LogP contribution in [0.25, 0.3) is 21.5 Å². The summed E-state index contributed by atoms with van der Waals surface area (Å²) in [6.45, 7) is 0. The molecule has 0 fully saturated rings. The number of carbonyl (C=O) groups excluding carboxylic acids is 1. The number of nitrogens with one attached hydrogen (secondary N) is 1. The van der Waals surface area contributed by atoms with E-state index in [4.69, 9.17) is 4.74 Å². The number of ether oxygens (including phenoxy) is 1. The maximum absolute atomic E-state index is 13.1. The minimum Gasteiger partial charge on any atom is -0.497 e. The fraction of sp³-hybridized carbons (Fsp3) is 0.250. The maximum Gasteiger partial charge on any atom is 0.261 e. The summed E-state index contributed by atoms with van der Waals surface area (Å²) in [5.74, 6) is 0.768. The Morgan fingerprint density at radius 1 is 1.20 bits per heavy atom. The van der Waals surface area contributed by atoms with Crippen LogP contribution in [0.4, 0.5) is 0 Å². The molecule has 5 rings (SSSR count). The van der Waals surface area contributed by atoms with Gasteiger partial charge in [-0.05, 0) is 48.6 Å². The fourth-order valence-corrected chi connectivity index (χ4v) is 5.24. The van der Waals surface area contributed by atoms with E-state index in [-0.39, 0.29) is 11.9 Å².